The minimum absolute atomic E-state index is 0.106. The Hall–Kier alpha value is -3.65. The fourth-order valence-corrected chi connectivity index (χ4v) is 7.20. The fourth-order valence-electron chi connectivity index (χ4n) is 5.78. The molecule has 3 aromatic carbocycles. The molecule has 1 aliphatic carbocycles. The van der Waals surface area contributed by atoms with E-state index in [4.69, 9.17) is 0 Å². The largest absolute Gasteiger partial charge is 0.352 e. The summed E-state index contributed by atoms with van der Waals surface area (Å²) in [5.41, 5.74) is 3.25. The van der Waals surface area contributed by atoms with E-state index < -0.39 is 28.5 Å². The summed E-state index contributed by atoms with van der Waals surface area (Å²) >= 11 is 0. The summed E-state index contributed by atoms with van der Waals surface area (Å²) in [6.07, 6.45) is 6.20. The summed E-state index contributed by atoms with van der Waals surface area (Å²) in [6.45, 7) is 5.59. The van der Waals surface area contributed by atoms with Crippen molar-refractivity contribution < 1.29 is 18.0 Å². The van der Waals surface area contributed by atoms with Crippen LogP contribution in [0.5, 0.6) is 0 Å². The van der Waals surface area contributed by atoms with Crippen molar-refractivity contribution in [2.45, 2.75) is 82.7 Å². The Morgan fingerprint density at radius 1 is 0.881 bits per heavy atom. The van der Waals surface area contributed by atoms with Crippen molar-refractivity contribution in [3.8, 4) is 0 Å². The highest BCUT2D eigenvalue weighted by molar-refractivity contribution is 7.92. The van der Waals surface area contributed by atoms with Crippen LogP contribution in [-0.4, -0.2) is 50.3 Å². The number of aryl methyl sites for hydroxylation is 2. The molecule has 0 bridgehead atoms. The summed E-state index contributed by atoms with van der Waals surface area (Å²) in [5, 5.41) is 3.19. The smallest absolute Gasteiger partial charge is 0.264 e. The van der Waals surface area contributed by atoms with E-state index in [0.29, 0.717) is 25.1 Å². The van der Waals surface area contributed by atoms with Crippen molar-refractivity contribution >= 4 is 27.5 Å². The van der Waals surface area contributed by atoms with E-state index in [1.54, 1.807) is 35.2 Å². The standard InChI is InChI=1S/C34H43N3O4S/c1-4-32(34(39)35-29-16-10-6-11-17-29)36(21-20-28-14-8-5-9-15-28)33(38)25-37(30-23-26(2)22-27(3)24-30)42(40,41)31-18-12-7-13-19-31/h5,7-9,12-15,18-19,22-24,29,32H,4,6,10-11,16-17,20-21,25H2,1-3H3,(H,35,39)/t32-/m0/s1. The minimum Gasteiger partial charge on any atom is -0.352 e. The Labute approximate surface area is 251 Å². The van der Waals surface area contributed by atoms with Gasteiger partial charge in [0.05, 0.1) is 10.6 Å². The Bertz CT molecular complexity index is 1420. The molecule has 1 aliphatic rings. The first-order chi connectivity index (χ1) is 20.2. The molecule has 8 heteroatoms. The first-order valence-corrected chi connectivity index (χ1v) is 16.4. The molecule has 2 amide bonds. The molecule has 0 unspecified atom stereocenters. The molecule has 0 radical (unpaired) electrons. The maximum absolute atomic E-state index is 14.2. The highest BCUT2D eigenvalue weighted by Gasteiger charge is 2.34. The maximum atomic E-state index is 14.2. The Morgan fingerprint density at radius 2 is 1.48 bits per heavy atom. The van der Waals surface area contributed by atoms with Crippen LogP contribution in [-0.2, 0) is 26.0 Å². The summed E-state index contributed by atoms with van der Waals surface area (Å²) in [5.74, 6) is -0.579. The lowest BCUT2D eigenvalue weighted by Gasteiger charge is -2.34. The van der Waals surface area contributed by atoms with E-state index in [-0.39, 0.29) is 16.8 Å². The molecule has 1 N–H and O–H groups in total. The van der Waals surface area contributed by atoms with Crippen molar-refractivity contribution in [2.75, 3.05) is 17.4 Å². The van der Waals surface area contributed by atoms with Gasteiger partial charge < -0.3 is 10.2 Å². The van der Waals surface area contributed by atoms with Gasteiger partial charge in [0.1, 0.15) is 12.6 Å². The van der Waals surface area contributed by atoms with Gasteiger partial charge >= 0.3 is 0 Å². The lowest BCUT2D eigenvalue weighted by atomic mass is 9.95. The lowest BCUT2D eigenvalue weighted by Crippen LogP contribution is -2.54. The van der Waals surface area contributed by atoms with Gasteiger partial charge in [-0.2, -0.15) is 0 Å². The van der Waals surface area contributed by atoms with E-state index in [2.05, 4.69) is 5.32 Å². The number of hydrogen-bond donors (Lipinski definition) is 1. The molecule has 0 heterocycles. The molecule has 1 atom stereocenters. The van der Waals surface area contributed by atoms with Crippen LogP contribution >= 0.6 is 0 Å². The van der Waals surface area contributed by atoms with E-state index in [1.807, 2.05) is 57.2 Å². The molecular weight excluding hydrogens is 546 g/mol. The SMILES string of the molecule is CC[C@@H](C(=O)NC1CCCCC1)N(CCc1ccccc1)C(=O)CN(c1cc(C)cc(C)c1)S(=O)(=O)c1ccccc1. The summed E-state index contributed by atoms with van der Waals surface area (Å²) in [6, 6.07) is 22.9. The van der Waals surface area contributed by atoms with Gasteiger partial charge in [0.25, 0.3) is 10.0 Å². The molecule has 0 saturated heterocycles. The molecular formula is C34H43N3O4S. The van der Waals surface area contributed by atoms with Gasteiger partial charge in [-0.05, 0) is 80.5 Å². The van der Waals surface area contributed by atoms with Crippen LogP contribution < -0.4 is 9.62 Å². The monoisotopic (exact) mass is 589 g/mol. The molecule has 0 aromatic heterocycles. The van der Waals surface area contributed by atoms with E-state index >= 15 is 0 Å². The van der Waals surface area contributed by atoms with Crippen molar-refractivity contribution in [2.24, 2.45) is 0 Å². The topological polar surface area (TPSA) is 86.8 Å². The third kappa shape index (κ3) is 8.00. The Kier molecular flexibility index (Phi) is 10.8. The average Bonchev–Trinajstić information content (AvgIpc) is 2.98. The first-order valence-electron chi connectivity index (χ1n) is 15.0. The zero-order chi connectivity index (χ0) is 30.1. The number of anilines is 1. The van der Waals surface area contributed by atoms with Crippen LogP contribution in [0.2, 0.25) is 0 Å². The van der Waals surface area contributed by atoms with Crippen molar-refractivity contribution in [3.63, 3.8) is 0 Å². The van der Waals surface area contributed by atoms with E-state index in [1.165, 1.54) is 22.9 Å². The second-order valence-corrected chi connectivity index (χ2v) is 13.1. The fraction of sp³-hybridized carbons (Fsp3) is 0.412. The van der Waals surface area contributed by atoms with Gasteiger partial charge in [-0.15, -0.1) is 0 Å². The van der Waals surface area contributed by atoms with Crippen molar-refractivity contribution in [1.29, 1.82) is 0 Å². The third-order valence-electron chi connectivity index (χ3n) is 7.93. The van der Waals surface area contributed by atoms with Crippen molar-refractivity contribution in [3.05, 3.63) is 95.6 Å². The van der Waals surface area contributed by atoms with Crippen LogP contribution in [0.15, 0.2) is 83.8 Å². The van der Waals surface area contributed by atoms with Crippen LogP contribution in [0.3, 0.4) is 0 Å². The van der Waals surface area contributed by atoms with E-state index in [0.717, 1.165) is 42.4 Å². The molecule has 1 fully saturated rings. The Balaban J connectivity index is 1.68. The predicted molar refractivity (Wildman–Crippen MR) is 168 cm³/mol. The molecule has 0 aliphatic heterocycles. The number of nitrogens with zero attached hydrogens (tertiary/aromatic N) is 2. The van der Waals surface area contributed by atoms with Gasteiger partial charge in [0, 0.05) is 12.6 Å². The van der Waals surface area contributed by atoms with Crippen molar-refractivity contribution in [1.82, 2.24) is 10.2 Å². The predicted octanol–water partition coefficient (Wildman–Crippen LogP) is 5.80. The van der Waals surface area contributed by atoms with Crippen LogP contribution in [0.4, 0.5) is 5.69 Å². The summed E-state index contributed by atoms with van der Waals surface area (Å²) < 4.78 is 29.2. The van der Waals surface area contributed by atoms with Gasteiger partial charge in [-0.3, -0.25) is 13.9 Å². The van der Waals surface area contributed by atoms with Crippen LogP contribution in [0, 0.1) is 13.8 Å². The minimum atomic E-state index is -4.07. The zero-order valence-electron chi connectivity index (χ0n) is 25.0. The normalized spacial score (nSPS) is 14.6. The van der Waals surface area contributed by atoms with Gasteiger partial charge in [0.15, 0.2) is 0 Å². The lowest BCUT2D eigenvalue weighted by molar-refractivity contribution is -0.140. The summed E-state index contributed by atoms with van der Waals surface area (Å²) in [4.78, 5) is 29.6. The summed E-state index contributed by atoms with van der Waals surface area (Å²) in [7, 11) is -4.07. The number of sulfonamides is 1. The zero-order valence-corrected chi connectivity index (χ0v) is 25.8. The third-order valence-corrected chi connectivity index (χ3v) is 9.71. The second-order valence-electron chi connectivity index (χ2n) is 11.3. The van der Waals surface area contributed by atoms with E-state index in [9.17, 15) is 18.0 Å². The molecule has 7 nitrogen and oxygen atoms in total. The molecule has 42 heavy (non-hydrogen) atoms. The molecule has 1 saturated carbocycles. The highest BCUT2D eigenvalue weighted by atomic mass is 32.2. The highest BCUT2D eigenvalue weighted by Crippen LogP contribution is 2.27. The first kappa shape index (κ1) is 31.3. The molecule has 4 rings (SSSR count). The number of benzene rings is 3. The average molecular weight is 590 g/mol. The van der Waals surface area contributed by atoms with Crippen LogP contribution in [0.1, 0.15) is 62.1 Å². The number of hydrogen-bond acceptors (Lipinski definition) is 4. The quantitative estimate of drug-likeness (QED) is 0.289. The van der Waals surface area contributed by atoms with Gasteiger partial charge in [-0.25, -0.2) is 8.42 Å². The Morgan fingerprint density at radius 3 is 2.07 bits per heavy atom. The number of amides is 2. The number of rotatable bonds is 12. The van der Waals surface area contributed by atoms with Gasteiger partial charge in [-0.1, -0.05) is 80.8 Å². The number of nitrogens with one attached hydrogen (secondary N) is 1. The second kappa shape index (κ2) is 14.5. The maximum Gasteiger partial charge on any atom is 0.264 e. The molecule has 3 aromatic rings. The van der Waals surface area contributed by atoms with Crippen LogP contribution in [0.25, 0.3) is 0 Å². The number of carbonyl (C=O) groups is 2. The van der Waals surface area contributed by atoms with Gasteiger partial charge in [0.2, 0.25) is 11.8 Å². The number of carbonyl (C=O) groups excluding carboxylic acids is 2. The molecule has 224 valence electrons. The molecule has 0 spiro atoms.